The molecule has 0 aromatic heterocycles. The Bertz CT molecular complexity index is 563. The monoisotopic (exact) mass is 256 g/mol. The fourth-order valence-corrected chi connectivity index (χ4v) is 2.04. The molecular formula is C16H17FN2. The summed E-state index contributed by atoms with van der Waals surface area (Å²) in [5.41, 5.74) is 3.80. The topological polar surface area (TPSA) is 24.7 Å². The molecule has 0 atom stereocenters. The lowest BCUT2D eigenvalue weighted by atomic mass is 10.0. The van der Waals surface area contributed by atoms with E-state index in [1.54, 1.807) is 19.2 Å². The van der Waals surface area contributed by atoms with E-state index in [4.69, 9.17) is 0 Å². The third kappa shape index (κ3) is 3.47. The van der Waals surface area contributed by atoms with Gasteiger partial charge in [0.15, 0.2) is 0 Å². The highest BCUT2D eigenvalue weighted by molar-refractivity contribution is 6.14. The van der Waals surface area contributed by atoms with Crippen molar-refractivity contribution in [2.75, 3.05) is 7.05 Å². The Hall–Kier alpha value is -2.03. The summed E-state index contributed by atoms with van der Waals surface area (Å²) >= 11 is 0. The second-order valence-corrected chi connectivity index (χ2v) is 4.43. The lowest BCUT2D eigenvalue weighted by Gasteiger charge is -2.10. The van der Waals surface area contributed by atoms with Crippen LogP contribution in [0.4, 0.5) is 4.39 Å². The molecule has 1 aromatic carbocycles. The highest BCUT2D eigenvalue weighted by Gasteiger charge is 2.09. The Morgan fingerprint density at radius 3 is 2.58 bits per heavy atom. The van der Waals surface area contributed by atoms with Gasteiger partial charge in [-0.05, 0) is 49.1 Å². The molecule has 0 spiro atoms. The van der Waals surface area contributed by atoms with Gasteiger partial charge in [0.2, 0.25) is 0 Å². The molecule has 2 nitrogen and oxygen atoms in total. The Morgan fingerprint density at radius 2 is 2.00 bits per heavy atom. The summed E-state index contributed by atoms with van der Waals surface area (Å²) < 4.78 is 12.9. The molecule has 0 fully saturated rings. The summed E-state index contributed by atoms with van der Waals surface area (Å²) in [6, 6.07) is 6.43. The van der Waals surface area contributed by atoms with Gasteiger partial charge in [-0.25, -0.2) is 4.39 Å². The second kappa shape index (κ2) is 6.23. The molecular weight excluding hydrogens is 239 g/mol. The third-order valence-electron chi connectivity index (χ3n) is 2.96. The smallest absolute Gasteiger partial charge is 0.123 e. The SMILES string of the molecule is CN=C(C1=CCCC=N1)/C(C)=C\c1ccc(F)cc1. The van der Waals surface area contributed by atoms with Crippen molar-refractivity contribution in [1.29, 1.82) is 0 Å². The fraction of sp³-hybridized carbons (Fsp3) is 0.250. The van der Waals surface area contributed by atoms with Gasteiger partial charge in [0.05, 0.1) is 11.4 Å². The maximum Gasteiger partial charge on any atom is 0.123 e. The average molecular weight is 256 g/mol. The number of allylic oxidation sites excluding steroid dienone is 2. The molecule has 3 heteroatoms. The van der Waals surface area contributed by atoms with Crippen LogP contribution < -0.4 is 0 Å². The minimum absolute atomic E-state index is 0.223. The average Bonchev–Trinajstić information content (AvgIpc) is 2.43. The molecule has 0 bridgehead atoms. The van der Waals surface area contributed by atoms with Crippen molar-refractivity contribution in [1.82, 2.24) is 0 Å². The number of rotatable bonds is 3. The molecule has 0 saturated carbocycles. The standard InChI is InChI=1S/C16H17FN2/c1-12(11-13-6-8-14(17)9-7-13)16(18-2)15-5-3-4-10-19-15/h5-11H,3-4H2,1-2H3/b12-11-,18-16?. The predicted octanol–water partition coefficient (Wildman–Crippen LogP) is 4.05. The van der Waals surface area contributed by atoms with E-state index in [0.29, 0.717) is 0 Å². The van der Waals surface area contributed by atoms with Gasteiger partial charge in [0, 0.05) is 13.3 Å². The maximum atomic E-state index is 12.9. The van der Waals surface area contributed by atoms with Crippen molar-refractivity contribution in [2.24, 2.45) is 9.98 Å². The molecule has 0 unspecified atom stereocenters. The van der Waals surface area contributed by atoms with Gasteiger partial charge in [-0.3, -0.25) is 9.98 Å². The first-order chi connectivity index (χ1) is 9.20. The quantitative estimate of drug-likeness (QED) is 0.729. The van der Waals surface area contributed by atoms with Crippen LogP contribution in [0.1, 0.15) is 25.3 Å². The highest BCUT2D eigenvalue weighted by Crippen LogP contribution is 2.17. The zero-order valence-electron chi connectivity index (χ0n) is 11.2. The molecule has 98 valence electrons. The van der Waals surface area contributed by atoms with Crippen LogP contribution in [0.2, 0.25) is 0 Å². The minimum Gasteiger partial charge on any atom is -0.286 e. The van der Waals surface area contributed by atoms with E-state index in [9.17, 15) is 4.39 Å². The molecule has 0 radical (unpaired) electrons. The van der Waals surface area contributed by atoms with E-state index in [-0.39, 0.29) is 5.82 Å². The molecule has 1 aliphatic rings. The summed E-state index contributed by atoms with van der Waals surface area (Å²) in [6.45, 7) is 2.00. The third-order valence-corrected chi connectivity index (χ3v) is 2.96. The molecule has 1 aromatic rings. The summed E-state index contributed by atoms with van der Waals surface area (Å²) in [4.78, 5) is 8.70. The molecule has 0 saturated heterocycles. The Balaban J connectivity index is 2.26. The predicted molar refractivity (Wildman–Crippen MR) is 79.2 cm³/mol. The Morgan fingerprint density at radius 1 is 1.26 bits per heavy atom. The fourth-order valence-electron chi connectivity index (χ4n) is 2.04. The number of hydrogen-bond acceptors (Lipinski definition) is 2. The highest BCUT2D eigenvalue weighted by atomic mass is 19.1. The first kappa shape index (κ1) is 13.4. The van der Waals surface area contributed by atoms with Crippen LogP contribution in [0.5, 0.6) is 0 Å². The molecule has 0 amide bonds. The van der Waals surface area contributed by atoms with E-state index < -0.39 is 0 Å². The van der Waals surface area contributed by atoms with Crippen molar-refractivity contribution >= 4 is 18.0 Å². The Labute approximate surface area is 113 Å². The molecule has 1 aliphatic heterocycles. The number of nitrogens with zero attached hydrogens (tertiary/aromatic N) is 2. The molecule has 0 N–H and O–H groups in total. The van der Waals surface area contributed by atoms with Crippen molar-refractivity contribution in [3.8, 4) is 0 Å². The van der Waals surface area contributed by atoms with E-state index in [1.165, 1.54) is 12.1 Å². The van der Waals surface area contributed by atoms with E-state index in [2.05, 4.69) is 16.1 Å². The Kier molecular flexibility index (Phi) is 4.39. The van der Waals surface area contributed by atoms with Crippen molar-refractivity contribution in [3.05, 3.63) is 53.0 Å². The first-order valence-electron chi connectivity index (χ1n) is 6.35. The van der Waals surface area contributed by atoms with Crippen LogP contribution in [0.25, 0.3) is 6.08 Å². The summed E-state index contributed by atoms with van der Waals surface area (Å²) in [5, 5.41) is 0. The normalized spacial score (nSPS) is 16.5. The summed E-state index contributed by atoms with van der Waals surface area (Å²) in [6.07, 6.45) is 8.01. The minimum atomic E-state index is -0.223. The lowest BCUT2D eigenvalue weighted by molar-refractivity contribution is 0.628. The number of benzene rings is 1. The van der Waals surface area contributed by atoms with E-state index in [0.717, 1.165) is 35.4 Å². The van der Waals surface area contributed by atoms with Crippen LogP contribution >= 0.6 is 0 Å². The maximum absolute atomic E-state index is 12.9. The van der Waals surface area contributed by atoms with Crippen LogP contribution in [0, 0.1) is 5.82 Å². The number of hydrogen-bond donors (Lipinski definition) is 0. The summed E-state index contributed by atoms with van der Waals surface area (Å²) in [5.74, 6) is -0.223. The molecule has 2 rings (SSSR count). The van der Waals surface area contributed by atoms with Gasteiger partial charge in [-0.15, -0.1) is 0 Å². The molecule has 19 heavy (non-hydrogen) atoms. The van der Waals surface area contributed by atoms with Gasteiger partial charge in [-0.1, -0.05) is 18.2 Å². The lowest BCUT2D eigenvalue weighted by Crippen LogP contribution is -2.05. The van der Waals surface area contributed by atoms with Crippen LogP contribution in [0.15, 0.2) is 51.6 Å². The summed E-state index contributed by atoms with van der Waals surface area (Å²) in [7, 11) is 1.77. The second-order valence-electron chi connectivity index (χ2n) is 4.43. The van der Waals surface area contributed by atoms with Crippen molar-refractivity contribution < 1.29 is 4.39 Å². The van der Waals surface area contributed by atoms with Gasteiger partial charge < -0.3 is 0 Å². The zero-order chi connectivity index (χ0) is 13.7. The largest absolute Gasteiger partial charge is 0.286 e. The van der Waals surface area contributed by atoms with Crippen LogP contribution in [-0.2, 0) is 0 Å². The molecule has 1 heterocycles. The van der Waals surface area contributed by atoms with Crippen molar-refractivity contribution in [3.63, 3.8) is 0 Å². The number of halogens is 1. The van der Waals surface area contributed by atoms with Gasteiger partial charge >= 0.3 is 0 Å². The van der Waals surface area contributed by atoms with Crippen molar-refractivity contribution in [2.45, 2.75) is 19.8 Å². The van der Waals surface area contributed by atoms with Gasteiger partial charge in [0.1, 0.15) is 5.82 Å². The van der Waals surface area contributed by atoms with Crippen LogP contribution in [0.3, 0.4) is 0 Å². The first-order valence-corrected chi connectivity index (χ1v) is 6.35. The van der Waals surface area contributed by atoms with E-state index >= 15 is 0 Å². The molecule has 0 aliphatic carbocycles. The van der Waals surface area contributed by atoms with Gasteiger partial charge in [0.25, 0.3) is 0 Å². The number of aliphatic imine (C=N–C) groups is 2. The van der Waals surface area contributed by atoms with Crippen LogP contribution in [-0.4, -0.2) is 19.0 Å². The zero-order valence-corrected chi connectivity index (χ0v) is 11.2. The van der Waals surface area contributed by atoms with E-state index in [1.807, 2.05) is 19.2 Å². The van der Waals surface area contributed by atoms with Gasteiger partial charge in [-0.2, -0.15) is 0 Å².